The molecule has 3 heteroatoms. The summed E-state index contributed by atoms with van der Waals surface area (Å²) in [6.45, 7) is 7.27. The van der Waals surface area contributed by atoms with E-state index in [9.17, 15) is 4.79 Å². The zero-order valence-corrected chi connectivity index (χ0v) is 13.7. The van der Waals surface area contributed by atoms with Gasteiger partial charge in [0.1, 0.15) is 0 Å². The summed E-state index contributed by atoms with van der Waals surface area (Å²) in [7, 11) is 1.76. The molecule has 1 atom stereocenters. The highest BCUT2D eigenvalue weighted by Crippen LogP contribution is 2.32. The average Bonchev–Trinajstić information content (AvgIpc) is 2.44. The fourth-order valence-corrected chi connectivity index (χ4v) is 2.81. The molecule has 1 aromatic carbocycles. The monoisotopic (exact) mass is 289 g/mol. The number of methoxy groups -OCH3 is 1. The van der Waals surface area contributed by atoms with Gasteiger partial charge in [-0.25, -0.2) is 0 Å². The molecule has 0 heterocycles. The van der Waals surface area contributed by atoms with Gasteiger partial charge in [-0.3, -0.25) is 4.79 Å². The number of fused-ring (bicyclic) bond motifs is 1. The quantitative estimate of drug-likeness (QED) is 0.913. The Morgan fingerprint density at radius 2 is 2.14 bits per heavy atom. The van der Waals surface area contributed by atoms with E-state index in [2.05, 4.69) is 32.2 Å². The van der Waals surface area contributed by atoms with E-state index in [1.165, 1.54) is 11.1 Å². The normalized spacial score (nSPS) is 18.2. The molecule has 1 N–H and O–H groups in total. The fraction of sp³-hybridized carbons (Fsp3) is 0.611. The number of carbonyl (C=O) groups is 1. The first kappa shape index (κ1) is 16.0. The molecule has 2 rings (SSSR count). The summed E-state index contributed by atoms with van der Waals surface area (Å²) in [6, 6.07) is 6.01. The van der Waals surface area contributed by atoms with Crippen LogP contribution in [-0.2, 0) is 11.2 Å². The van der Waals surface area contributed by atoms with Crippen molar-refractivity contribution < 1.29 is 9.53 Å². The molecule has 0 aliphatic heterocycles. The number of hydrogen-bond donors (Lipinski definition) is 1. The number of benzene rings is 1. The van der Waals surface area contributed by atoms with Crippen molar-refractivity contribution in [3.05, 3.63) is 34.9 Å². The van der Waals surface area contributed by atoms with E-state index in [4.69, 9.17) is 4.74 Å². The number of hydrogen-bond acceptors (Lipinski definition) is 2. The second kappa shape index (κ2) is 6.61. The maximum Gasteiger partial charge on any atom is 0.251 e. The van der Waals surface area contributed by atoms with Crippen LogP contribution in [0.25, 0.3) is 0 Å². The van der Waals surface area contributed by atoms with Gasteiger partial charge in [-0.1, -0.05) is 26.8 Å². The summed E-state index contributed by atoms with van der Waals surface area (Å²) in [5.74, 6) is 0.0293. The molecule has 116 valence electrons. The van der Waals surface area contributed by atoms with Crippen LogP contribution in [0.3, 0.4) is 0 Å². The highest BCUT2D eigenvalue weighted by atomic mass is 16.5. The first-order valence-corrected chi connectivity index (χ1v) is 7.84. The number of amides is 1. The van der Waals surface area contributed by atoms with Gasteiger partial charge in [0.25, 0.3) is 5.91 Å². The third-order valence-electron chi connectivity index (χ3n) is 4.11. The zero-order valence-electron chi connectivity index (χ0n) is 13.7. The van der Waals surface area contributed by atoms with Gasteiger partial charge in [0.2, 0.25) is 0 Å². The van der Waals surface area contributed by atoms with Gasteiger partial charge in [0.05, 0.1) is 6.10 Å². The van der Waals surface area contributed by atoms with Crippen LogP contribution in [-0.4, -0.2) is 19.6 Å². The van der Waals surface area contributed by atoms with Gasteiger partial charge in [0.15, 0.2) is 0 Å². The molecule has 0 saturated heterocycles. The van der Waals surface area contributed by atoms with Crippen molar-refractivity contribution in [2.45, 2.75) is 52.6 Å². The lowest BCUT2D eigenvalue weighted by atomic mass is 9.88. The molecular formula is C18H27NO2. The van der Waals surface area contributed by atoms with Crippen LogP contribution in [0.5, 0.6) is 0 Å². The van der Waals surface area contributed by atoms with Crippen molar-refractivity contribution in [3.63, 3.8) is 0 Å². The molecule has 3 nitrogen and oxygen atoms in total. The lowest BCUT2D eigenvalue weighted by Crippen LogP contribution is -2.27. The van der Waals surface area contributed by atoms with Crippen molar-refractivity contribution in [2.75, 3.05) is 13.7 Å². The maximum atomic E-state index is 12.2. The largest absolute Gasteiger partial charge is 0.377 e. The Labute approximate surface area is 128 Å². The number of nitrogens with one attached hydrogen (secondary N) is 1. The Bertz CT molecular complexity index is 502. The lowest BCUT2D eigenvalue weighted by molar-refractivity contribution is 0.0877. The average molecular weight is 289 g/mol. The highest BCUT2D eigenvalue weighted by Gasteiger charge is 2.21. The molecule has 1 amide bonds. The van der Waals surface area contributed by atoms with Gasteiger partial charge in [-0.15, -0.1) is 0 Å². The first-order chi connectivity index (χ1) is 9.90. The third-order valence-corrected chi connectivity index (χ3v) is 4.11. The van der Waals surface area contributed by atoms with Gasteiger partial charge in [-0.05, 0) is 54.4 Å². The summed E-state index contributed by atoms with van der Waals surface area (Å²) >= 11 is 0. The summed E-state index contributed by atoms with van der Waals surface area (Å²) in [4.78, 5) is 12.2. The maximum absolute atomic E-state index is 12.2. The minimum Gasteiger partial charge on any atom is -0.377 e. The van der Waals surface area contributed by atoms with Crippen LogP contribution in [0.4, 0.5) is 0 Å². The summed E-state index contributed by atoms with van der Waals surface area (Å²) < 4.78 is 5.52. The Kier molecular flexibility index (Phi) is 5.04. The molecule has 1 unspecified atom stereocenters. The van der Waals surface area contributed by atoms with E-state index < -0.39 is 0 Å². The summed E-state index contributed by atoms with van der Waals surface area (Å²) in [6.07, 6.45) is 4.40. The molecule has 0 bridgehead atoms. The van der Waals surface area contributed by atoms with Crippen LogP contribution in [0.2, 0.25) is 0 Å². The molecule has 1 aromatic rings. The van der Waals surface area contributed by atoms with E-state index in [1.54, 1.807) is 7.11 Å². The molecule has 0 spiro atoms. The van der Waals surface area contributed by atoms with Crippen LogP contribution < -0.4 is 5.32 Å². The van der Waals surface area contributed by atoms with Crippen molar-refractivity contribution in [1.82, 2.24) is 5.32 Å². The van der Waals surface area contributed by atoms with Crippen LogP contribution in [0, 0.1) is 5.41 Å². The Morgan fingerprint density at radius 1 is 1.38 bits per heavy atom. The Hall–Kier alpha value is -1.35. The molecule has 21 heavy (non-hydrogen) atoms. The van der Waals surface area contributed by atoms with E-state index in [-0.39, 0.29) is 17.4 Å². The van der Waals surface area contributed by atoms with E-state index >= 15 is 0 Å². The van der Waals surface area contributed by atoms with Gasteiger partial charge in [0, 0.05) is 19.2 Å². The molecule has 1 aliphatic rings. The lowest BCUT2D eigenvalue weighted by Gasteiger charge is -2.24. The zero-order chi connectivity index (χ0) is 15.5. The fourth-order valence-electron chi connectivity index (χ4n) is 2.81. The van der Waals surface area contributed by atoms with Crippen molar-refractivity contribution >= 4 is 5.91 Å². The number of rotatable bonds is 4. The molecule has 0 saturated carbocycles. The van der Waals surface area contributed by atoms with Gasteiger partial charge in [-0.2, -0.15) is 0 Å². The SMILES string of the molecule is COC1CCCc2cc(C(=O)NCCC(C)(C)C)ccc21. The van der Waals surface area contributed by atoms with Crippen LogP contribution in [0.15, 0.2) is 18.2 Å². The molecule has 1 aliphatic carbocycles. The molecule has 0 aromatic heterocycles. The summed E-state index contributed by atoms with van der Waals surface area (Å²) in [5.41, 5.74) is 3.51. The van der Waals surface area contributed by atoms with Gasteiger partial charge >= 0.3 is 0 Å². The smallest absolute Gasteiger partial charge is 0.251 e. The standard InChI is InChI=1S/C18H27NO2/c1-18(2,3)10-11-19-17(20)14-8-9-15-13(12-14)6-5-7-16(15)21-4/h8-9,12,16H,5-7,10-11H2,1-4H3,(H,19,20). The third kappa shape index (κ3) is 4.31. The number of aryl methyl sites for hydroxylation is 1. The molecular weight excluding hydrogens is 262 g/mol. The van der Waals surface area contributed by atoms with Gasteiger partial charge < -0.3 is 10.1 Å². The van der Waals surface area contributed by atoms with Crippen molar-refractivity contribution in [2.24, 2.45) is 5.41 Å². The topological polar surface area (TPSA) is 38.3 Å². The van der Waals surface area contributed by atoms with E-state index in [1.807, 2.05) is 12.1 Å². The predicted octanol–water partition coefficient (Wildman–Crippen LogP) is 3.88. The Balaban J connectivity index is 2.03. The van der Waals surface area contributed by atoms with Crippen molar-refractivity contribution in [3.8, 4) is 0 Å². The first-order valence-electron chi connectivity index (χ1n) is 7.84. The second-order valence-corrected chi connectivity index (χ2v) is 7.10. The Morgan fingerprint density at radius 3 is 2.81 bits per heavy atom. The minimum absolute atomic E-state index is 0.0293. The predicted molar refractivity (Wildman–Crippen MR) is 85.5 cm³/mol. The number of carbonyl (C=O) groups excluding carboxylic acids is 1. The van der Waals surface area contributed by atoms with E-state index in [0.717, 1.165) is 37.8 Å². The molecule has 0 fully saturated rings. The second-order valence-electron chi connectivity index (χ2n) is 7.10. The van der Waals surface area contributed by atoms with E-state index in [0.29, 0.717) is 0 Å². The minimum atomic E-state index is 0.0293. The number of ether oxygens (including phenoxy) is 1. The van der Waals surface area contributed by atoms with Crippen LogP contribution in [0.1, 0.15) is 67.6 Å². The summed E-state index contributed by atoms with van der Waals surface area (Å²) in [5, 5.41) is 3.02. The van der Waals surface area contributed by atoms with Crippen molar-refractivity contribution in [1.29, 1.82) is 0 Å². The molecule has 0 radical (unpaired) electrons. The van der Waals surface area contributed by atoms with Crippen LogP contribution >= 0.6 is 0 Å². The highest BCUT2D eigenvalue weighted by molar-refractivity contribution is 5.94.